The number of hydrogen-bond acceptors (Lipinski definition) is 1. The van der Waals surface area contributed by atoms with E-state index in [-0.39, 0.29) is 5.41 Å². The summed E-state index contributed by atoms with van der Waals surface area (Å²) in [5, 5.41) is 9.26. The van der Waals surface area contributed by atoms with Crippen LogP contribution in [0.15, 0.2) is 0 Å². The zero-order chi connectivity index (χ0) is 9.61. The topological polar surface area (TPSA) is 20.2 Å². The lowest BCUT2D eigenvalue weighted by molar-refractivity contribution is 0.0826. The van der Waals surface area contributed by atoms with Gasteiger partial charge in [0.25, 0.3) is 0 Å². The van der Waals surface area contributed by atoms with Gasteiger partial charge in [0.05, 0.1) is 0 Å². The third kappa shape index (κ3) is 3.57. The van der Waals surface area contributed by atoms with E-state index in [2.05, 4.69) is 27.7 Å². The molecule has 0 fully saturated rings. The second-order valence-corrected chi connectivity index (χ2v) is 4.42. The van der Waals surface area contributed by atoms with Gasteiger partial charge in [-0.3, -0.25) is 0 Å². The van der Waals surface area contributed by atoms with Crippen LogP contribution >= 0.6 is 0 Å². The number of aliphatic hydroxyl groups is 1. The Labute approximate surface area is 77.2 Å². The molecule has 0 aromatic rings. The van der Waals surface area contributed by atoms with Crippen molar-refractivity contribution in [2.45, 2.75) is 53.4 Å². The summed E-state index contributed by atoms with van der Waals surface area (Å²) in [5.41, 5.74) is 0.148. The second-order valence-electron chi connectivity index (χ2n) is 4.42. The summed E-state index contributed by atoms with van der Waals surface area (Å²) < 4.78 is 0. The summed E-state index contributed by atoms with van der Waals surface area (Å²) in [6, 6.07) is 0. The van der Waals surface area contributed by atoms with Crippen LogP contribution in [-0.4, -0.2) is 11.7 Å². The molecule has 0 spiro atoms. The van der Waals surface area contributed by atoms with Crippen LogP contribution in [-0.2, 0) is 0 Å². The number of aliphatic hydroxyl groups excluding tert-OH is 1. The van der Waals surface area contributed by atoms with Crippen LogP contribution in [0.5, 0.6) is 0 Å². The number of hydrogen-bond donors (Lipinski definition) is 1. The average molecular weight is 172 g/mol. The predicted molar refractivity (Wildman–Crippen MR) is 54.2 cm³/mol. The normalized spacial score (nSPS) is 16.5. The zero-order valence-electron chi connectivity index (χ0n) is 9.06. The fourth-order valence-electron chi connectivity index (χ4n) is 1.33. The number of unbranched alkanes of at least 4 members (excludes halogenated alkanes) is 2. The molecule has 0 rings (SSSR count). The van der Waals surface area contributed by atoms with Gasteiger partial charge >= 0.3 is 0 Å². The molecule has 0 unspecified atom stereocenters. The van der Waals surface area contributed by atoms with E-state index in [1.807, 2.05) is 0 Å². The van der Waals surface area contributed by atoms with Crippen molar-refractivity contribution in [3.8, 4) is 0 Å². The average Bonchev–Trinajstić information content (AvgIpc) is 2.04. The maximum absolute atomic E-state index is 9.26. The first-order valence-corrected chi connectivity index (χ1v) is 5.17. The molecule has 1 atom stereocenters. The first-order valence-electron chi connectivity index (χ1n) is 5.17. The SMILES string of the molecule is CCCCC[C@@](C)(CO)C(C)C. The Balaban J connectivity index is 3.80. The molecule has 1 heteroatoms. The van der Waals surface area contributed by atoms with E-state index in [0.29, 0.717) is 12.5 Å². The van der Waals surface area contributed by atoms with E-state index < -0.39 is 0 Å². The highest BCUT2D eigenvalue weighted by Gasteiger charge is 2.26. The first-order chi connectivity index (χ1) is 5.56. The van der Waals surface area contributed by atoms with Crippen molar-refractivity contribution in [1.82, 2.24) is 0 Å². The van der Waals surface area contributed by atoms with Crippen molar-refractivity contribution in [3.63, 3.8) is 0 Å². The van der Waals surface area contributed by atoms with Crippen molar-refractivity contribution >= 4 is 0 Å². The van der Waals surface area contributed by atoms with E-state index in [1.165, 1.54) is 19.3 Å². The van der Waals surface area contributed by atoms with Crippen molar-refractivity contribution in [2.24, 2.45) is 11.3 Å². The van der Waals surface area contributed by atoms with E-state index in [4.69, 9.17) is 0 Å². The minimum absolute atomic E-state index is 0.148. The van der Waals surface area contributed by atoms with Gasteiger partial charge in [0.15, 0.2) is 0 Å². The van der Waals surface area contributed by atoms with Gasteiger partial charge in [-0.05, 0) is 17.8 Å². The summed E-state index contributed by atoms with van der Waals surface area (Å²) >= 11 is 0. The van der Waals surface area contributed by atoms with Crippen molar-refractivity contribution in [2.75, 3.05) is 6.61 Å². The van der Waals surface area contributed by atoms with Gasteiger partial charge in [-0.2, -0.15) is 0 Å². The first kappa shape index (κ1) is 12.0. The Morgan fingerprint density at radius 3 is 2.17 bits per heavy atom. The molecule has 0 bridgehead atoms. The molecule has 12 heavy (non-hydrogen) atoms. The third-order valence-electron chi connectivity index (χ3n) is 3.11. The zero-order valence-corrected chi connectivity index (χ0v) is 9.06. The van der Waals surface area contributed by atoms with Crippen LogP contribution in [0, 0.1) is 11.3 Å². The molecule has 0 radical (unpaired) electrons. The smallest absolute Gasteiger partial charge is 0.0487 e. The molecule has 1 nitrogen and oxygen atoms in total. The van der Waals surface area contributed by atoms with E-state index in [1.54, 1.807) is 0 Å². The summed E-state index contributed by atoms with van der Waals surface area (Å²) in [7, 11) is 0. The Hall–Kier alpha value is -0.0400. The molecule has 0 aliphatic carbocycles. The molecular weight excluding hydrogens is 148 g/mol. The summed E-state index contributed by atoms with van der Waals surface area (Å²) in [6.45, 7) is 9.12. The molecule has 0 aliphatic rings. The Morgan fingerprint density at radius 1 is 1.25 bits per heavy atom. The Bertz CT molecular complexity index is 110. The van der Waals surface area contributed by atoms with Gasteiger partial charge in [0.1, 0.15) is 0 Å². The van der Waals surface area contributed by atoms with Crippen LogP contribution in [0.2, 0.25) is 0 Å². The largest absolute Gasteiger partial charge is 0.396 e. The summed E-state index contributed by atoms with van der Waals surface area (Å²) in [4.78, 5) is 0. The maximum Gasteiger partial charge on any atom is 0.0487 e. The third-order valence-corrected chi connectivity index (χ3v) is 3.11. The van der Waals surface area contributed by atoms with Crippen LogP contribution in [0.3, 0.4) is 0 Å². The highest BCUT2D eigenvalue weighted by atomic mass is 16.3. The Kier molecular flexibility index (Phi) is 5.56. The fourth-order valence-corrected chi connectivity index (χ4v) is 1.33. The summed E-state index contributed by atoms with van der Waals surface area (Å²) in [6.07, 6.45) is 4.97. The van der Waals surface area contributed by atoms with E-state index in [0.717, 1.165) is 6.42 Å². The van der Waals surface area contributed by atoms with Gasteiger partial charge in [-0.25, -0.2) is 0 Å². The molecule has 0 aliphatic heterocycles. The van der Waals surface area contributed by atoms with Gasteiger partial charge < -0.3 is 5.11 Å². The van der Waals surface area contributed by atoms with Crippen LogP contribution in [0.25, 0.3) is 0 Å². The minimum atomic E-state index is 0.148. The predicted octanol–water partition coefficient (Wildman–Crippen LogP) is 3.22. The molecule has 0 aromatic carbocycles. The quantitative estimate of drug-likeness (QED) is 0.610. The molecule has 0 amide bonds. The highest BCUT2D eigenvalue weighted by molar-refractivity contribution is 4.76. The molecule has 0 aromatic heterocycles. The lowest BCUT2D eigenvalue weighted by Crippen LogP contribution is -2.27. The summed E-state index contributed by atoms with van der Waals surface area (Å²) in [5.74, 6) is 0.583. The Morgan fingerprint density at radius 2 is 1.83 bits per heavy atom. The standard InChI is InChI=1S/C11H24O/c1-5-6-7-8-11(4,9-12)10(2)3/h10,12H,5-9H2,1-4H3/t11-/m0/s1. The van der Waals surface area contributed by atoms with Gasteiger partial charge in [-0.1, -0.05) is 47.0 Å². The van der Waals surface area contributed by atoms with Gasteiger partial charge in [-0.15, -0.1) is 0 Å². The second kappa shape index (κ2) is 5.58. The van der Waals surface area contributed by atoms with E-state index in [9.17, 15) is 5.11 Å². The molecule has 74 valence electrons. The highest BCUT2D eigenvalue weighted by Crippen LogP contribution is 2.32. The van der Waals surface area contributed by atoms with Gasteiger partial charge in [0.2, 0.25) is 0 Å². The lowest BCUT2D eigenvalue weighted by atomic mass is 9.76. The fraction of sp³-hybridized carbons (Fsp3) is 1.00. The van der Waals surface area contributed by atoms with E-state index >= 15 is 0 Å². The van der Waals surface area contributed by atoms with Crippen LogP contribution < -0.4 is 0 Å². The molecule has 0 saturated heterocycles. The lowest BCUT2D eigenvalue weighted by Gasteiger charge is -2.31. The van der Waals surface area contributed by atoms with Crippen molar-refractivity contribution in [3.05, 3.63) is 0 Å². The molecule has 1 N–H and O–H groups in total. The molecular formula is C11H24O. The molecule has 0 saturated carbocycles. The maximum atomic E-state index is 9.26. The number of rotatable bonds is 6. The van der Waals surface area contributed by atoms with Crippen LogP contribution in [0.4, 0.5) is 0 Å². The minimum Gasteiger partial charge on any atom is -0.396 e. The van der Waals surface area contributed by atoms with Gasteiger partial charge in [0, 0.05) is 6.61 Å². The van der Waals surface area contributed by atoms with Crippen LogP contribution in [0.1, 0.15) is 53.4 Å². The van der Waals surface area contributed by atoms with Crippen molar-refractivity contribution in [1.29, 1.82) is 0 Å². The monoisotopic (exact) mass is 172 g/mol. The molecule has 0 heterocycles. The van der Waals surface area contributed by atoms with Crippen molar-refractivity contribution < 1.29 is 5.11 Å².